The van der Waals surface area contributed by atoms with Crippen molar-refractivity contribution in [3.05, 3.63) is 54.0 Å². The molecule has 1 aliphatic rings. The maximum absolute atomic E-state index is 12.1. The SMILES string of the molecule is CO[C@@H]1[C@H](O)[C@@H](C(C)=O)C[C@H]1Nc1nc(Nc2cc(C)nc(C)c2)ncc1-c1nc2ccccc2s1. The number of rotatable bonds is 7. The van der Waals surface area contributed by atoms with Crippen molar-refractivity contribution in [1.82, 2.24) is 19.9 Å². The quantitative estimate of drug-likeness (QED) is 0.338. The van der Waals surface area contributed by atoms with E-state index in [2.05, 4.69) is 20.6 Å². The number of carbonyl (C=O) groups excluding carboxylic acids is 1. The van der Waals surface area contributed by atoms with Gasteiger partial charge in [-0.15, -0.1) is 11.3 Å². The molecule has 0 bridgehead atoms. The first kappa shape index (κ1) is 24.2. The van der Waals surface area contributed by atoms with Gasteiger partial charge in [0, 0.05) is 36.3 Å². The summed E-state index contributed by atoms with van der Waals surface area (Å²) in [7, 11) is 1.54. The maximum atomic E-state index is 12.1. The molecule has 5 rings (SSSR count). The lowest BCUT2D eigenvalue weighted by Gasteiger charge is -2.23. The number of Topliss-reactive ketones (excluding diaryl/α,β-unsaturated/α-hetero) is 1. The van der Waals surface area contributed by atoms with Crippen LogP contribution in [0.2, 0.25) is 0 Å². The number of aliphatic hydroxyl groups excluding tert-OH is 1. The minimum Gasteiger partial charge on any atom is -0.390 e. The minimum atomic E-state index is -0.891. The monoisotopic (exact) mass is 504 g/mol. The van der Waals surface area contributed by atoms with Crippen LogP contribution < -0.4 is 10.6 Å². The van der Waals surface area contributed by atoms with Crippen LogP contribution in [0.25, 0.3) is 20.8 Å². The molecular weight excluding hydrogens is 476 g/mol. The Kier molecular flexibility index (Phi) is 6.65. The van der Waals surface area contributed by atoms with Crippen LogP contribution in [0.4, 0.5) is 17.5 Å². The normalized spacial score (nSPS) is 21.6. The Morgan fingerprint density at radius 1 is 1.14 bits per heavy atom. The molecule has 10 heteroatoms. The first-order valence-corrected chi connectivity index (χ1v) is 12.6. The highest BCUT2D eigenvalue weighted by atomic mass is 32.1. The van der Waals surface area contributed by atoms with Crippen molar-refractivity contribution in [1.29, 1.82) is 0 Å². The Labute approximate surface area is 213 Å². The molecule has 0 spiro atoms. The molecule has 1 aromatic carbocycles. The number of benzene rings is 1. The summed E-state index contributed by atoms with van der Waals surface area (Å²) in [6.07, 6.45) is 0.729. The molecule has 1 aliphatic carbocycles. The molecule has 0 saturated heterocycles. The molecule has 1 fully saturated rings. The molecule has 36 heavy (non-hydrogen) atoms. The number of ether oxygens (including phenoxy) is 1. The predicted molar refractivity (Wildman–Crippen MR) is 141 cm³/mol. The summed E-state index contributed by atoms with van der Waals surface area (Å²) in [5.41, 5.74) is 4.25. The number of aliphatic hydroxyl groups is 1. The summed E-state index contributed by atoms with van der Waals surface area (Å²) < 4.78 is 6.65. The van der Waals surface area contributed by atoms with Gasteiger partial charge in [-0.05, 0) is 51.5 Å². The summed E-state index contributed by atoms with van der Waals surface area (Å²) in [5, 5.41) is 18.2. The number of para-hydroxylation sites is 1. The van der Waals surface area contributed by atoms with Gasteiger partial charge >= 0.3 is 0 Å². The molecule has 186 valence electrons. The number of thiazole rings is 1. The highest BCUT2D eigenvalue weighted by Crippen LogP contribution is 2.37. The lowest BCUT2D eigenvalue weighted by Crippen LogP contribution is -2.37. The van der Waals surface area contributed by atoms with E-state index in [9.17, 15) is 9.90 Å². The molecule has 0 amide bonds. The van der Waals surface area contributed by atoms with Crippen molar-refractivity contribution in [2.75, 3.05) is 17.7 Å². The van der Waals surface area contributed by atoms with Crippen molar-refractivity contribution in [2.24, 2.45) is 5.92 Å². The number of pyridine rings is 1. The van der Waals surface area contributed by atoms with Crippen molar-refractivity contribution in [2.45, 2.75) is 45.4 Å². The fourth-order valence-electron chi connectivity index (χ4n) is 4.77. The van der Waals surface area contributed by atoms with E-state index >= 15 is 0 Å². The van der Waals surface area contributed by atoms with Gasteiger partial charge in [-0.2, -0.15) is 4.98 Å². The van der Waals surface area contributed by atoms with Crippen molar-refractivity contribution < 1.29 is 14.6 Å². The number of ketones is 1. The molecule has 4 atom stereocenters. The highest BCUT2D eigenvalue weighted by molar-refractivity contribution is 7.21. The standard InChI is InChI=1S/C26H28N6O3S/c1-13-9-16(10-14(2)28-13)29-26-27-12-18(25-31-19-7-5-6-8-21(19)36-25)24(32-26)30-20-11-17(15(3)33)22(34)23(20)35-4/h5-10,12,17,20,22-23,34H,11H2,1-4H3,(H2,27,28,29,30,32)/t17-,20-,22-,23+/m1/s1. The number of methoxy groups -OCH3 is 1. The largest absolute Gasteiger partial charge is 0.390 e. The second-order valence-corrected chi connectivity index (χ2v) is 10.1. The highest BCUT2D eigenvalue weighted by Gasteiger charge is 2.45. The number of nitrogens with zero attached hydrogens (tertiary/aromatic N) is 4. The van der Waals surface area contributed by atoms with Gasteiger partial charge in [0.1, 0.15) is 22.7 Å². The zero-order valence-corrected chi connectivity index (χ0v) is 21.3. The molecule has 0 aliphatic heterocycles. The molecule has 3 aromatic heterocycles. The van der Waals surface area contributed by atoms with E-state index in [0.29, 0.717) is 18.2 Å². The number of hydrogen-bond acceptors (Lipinski definition) is 10. The molecule has 9 nitrogen and oxygen atoms in total. The van der Waals surface area contributed by atoms with Gasteiger partial charge in [0.25, 0.3) is 0 Å². The van der Waals surface area contributed by atoms with Gasteiger partial charge in [-0.3, -0.25) is 9.78 Å². The van der Waals surface area contributed by atoms with E-state index in [0.717, 1.165) is 37.9 Å². The smallest absolute Gasteiger partial charge is 0.229 e. The summed E-state index contributed by atoms with van der Waals surface area (Å²) in [6, 6.07) is 11.5. The average Bonchev–Trinajstić information content (AvgIpc) is 3.39. The van der Waals surface area contributed by atoms with E-state index in [1.807, 2.05) is 50.2 Å². The first-order valence-electron chi connectivity index (χ1n) is 11.8. The third-order valence-electron chi connectivity index (χ3n) is 6.42. The molecule has 4 aromatic rings. The molecule has 3 N–H and O–H groups in total. The lowest BCUT2D eigenvalue weighted by molar-refractivity contribution is -0.124. The summed E-state index contributed by atoms with van der Waals surface area (Å²) in [5.74, 6) is 0.398. The first-order chi connectivity index (χ1) is 17.3. The Hall–Kier alpha value is -3.47. The van der Waals surface area contributed by atoms with Crippen LogP contribution in [-0.4, -0.2) is 56.2 Å². The van der Waals surface area contributed by atoms with Gasteiger partial charge in [0.15, 0.2) is 0 Å². The van der Waals surface area contributed by atoms with Crippen molar-refractivity contribution in [3.8, 4) is 10.6 Å². The summed E-state index contributed by atoms with van der Waals surface area (Å²) >= 11 is 1.55. The van der Waals surface area contributed by atoms with Crippen LogP contribution in [0.1, 0.15) is 24.7 Å². The Balaban J connectivity index is 1.54. The van der Waals surface area contributed by atoms with Gasteiger partial charge in [0.05, 0.1) is 27.9 Å². The molecular formula is C26H28N6O3S. The van der Waals surface area contributed by atoms with E-state index < -0.39 is 18.1 Å². The topological polar surface area (TPSA) is 122 Å². The fourth-order valence-corrected chi connectivity index (χ4v) is 5.75. The van der Waals surface area contributed by atoms with Crippen molar-refractivity contribution in [3.63, 3.8) is 0 Å². The third kappa shape index (κ3) is 4.79. The van der Waals surface area contributed by atoms with Gasteiger partial charge in [0.2, 0.25) is 5.95 Å². The average molecular weight is 505 g/mol. The predicted octanol–water partition coefficient (Wildman–Crippen LogP) is 4.27. The van der Waals surface area contributed by atoms with E-state index in [1.165, 1.54) is 6.92 Å². The van der Waals surface area contributed by atoms with Crippen LogP contribution in [-0.2, 0) is 9.53 Å². The van der Waals surface area contributed by atoms with E-state index in [4.69, 9.17) is 14.7 Å². The zero-order chi connectivity index (χ0) is 25.4. The molecule has 3 heterocycles. The molecule has 0 unspecified atom stereocenters. The minimum absolute atomic E-state index is 0.0614. The number of nitrogens with one attached hydrogen (secondary N) is 2. The number of aryl methyl sites for hydroxylation is 2. The number of hydrogen-bond donors (Lipinski definition) is 3. The Morgan fingerprint density at radius 3 is 2.58 bits per heavy atom. The van der Waals surface area contributed by atoms with Gasteiger partial charge in [-0.1, -0.05) is 12.1 Å². The Bertz CT molecular complexity index is 1370. The zero-order valence-electron chi connectivity index (χ0n) is 20.5. The Morgan fingerprint density at radius 2 is 1.89 bits per heavy atom. The van der Waals surface area contributed by atoms with E-state index in [1.54, 1.807) is 24.6 Å². The van der Waals surface area contributed by atoms with Gasteiger partial charge < -0.3 is 20.5 Å². The summed E-state index contributed by atoms with van der Waals surface area (Å²) in [6.45, 7) is 5.37. The van der Waals surface area contributed by atoms with E-state index in [-0.39, 0.29) is 11.8 Å². The number of anilines is 3. The molecule has 1 saturated carbocycles. The number of fused-ring (bicyclic) bond motifs is 1. The molecule has 0 radical (unpaired) electrons. The second kappa shape index (κ2) is 9.88. The van der Waals surface area contributed by atoms with Crippen LogP contribution in [0, 0.1) is 19.8 Å². The van der Waals surface area contributed by atoms with Crippen LogP contribution in [0.5, 0.6) is 0 Å². The third-order valence-corrected chi connectivity index (χ3v) is 7.49. The second-order valence-electron chi connectivity index (χ2n) is 9.10. The summed E-state index contributed by atoms with van der Waals surface area (Å²) in [4.78, 5) is 30.7. The van der Waals surface area contributed by atoms with Crippen LogP contribution >= 0.6 is 11.3 Å². The number of aromatic nitrogens is 4. The van der Waals surface area contributed by atoms with Crippen molar-refractivity contribution >= 4 is 44.8 Å². The van der Waals surface area contributed by atoms with Crippen LogP contribution in [0.3, 0.4) is 0 Å². The van der Waals surface area contributed by atoms with Crippen LogP contribution in [0.15, 0.2) is 42.6 Å². The maximum Gasteiger partial charge on any atom is 0.229 e. The fraction of sp³-hybridized carbons (Fsp3) is 0.346. The number of carbonyl (C=O) groups is 1. The lowest BCUT2D eigenvalue weighted by atomic mass is 10.0. The van der Waals surface area contributed by atoms with Gasteiger partial charge in [-0.25, -0.2) is 9.97 Å².